The maximum absolute atomic E-state index is 10.7. The molecule has 0 spiro atoms. The minimum absolute atomic E-state index is 0.0440. The molecule has 0 amide bonds. The molecule has 1 aromatic heterocycles. The van der Waals surface area contributed by atoms with Crippen LogP contribution in [0.4, 0.5) is 0 Å². The fourth-order valence-corrected chi connectivity index (χ4v) is 3.04. The van der Waals surface area contributed by atoms with Crippen LogP contribution >= 0.6 is 15.9 Å². The Balaban J connectivity index is 2.26. The van der Waals surface area contributed by atoms with E-state index in [2.05, 4.69) is 21.0 Å². The summed E-state index contributed by atoms with van der Waals surface area (Å²) in [5.41, 5.74) is 1.69. The van der Waals surface area contributed by atoms with Crippen molar-refractivity contribution >= 4 is 21.9 Å². The van der Waals surface area contributed by atoms with E-state index in [0.29, 0.717) is 11.6 Å². The van der Waals surface area contributed by atoms with Gasteiger partial charge in [-0.25, -0.2) is 0 Å². The molecule has 0 saturated carbocycles. The van der Waals surface area contributed by atoms with Gasteiger partial charge in [0.15, 0.2) is 0 Å². The van der Waals surface area contributed by atoms with Gasteiger partial charge in [-0.15, -0.1) is 0 Å². The molecule has 5 nitrogen and oxygen atoms in total. The van der Waals surface area contributed by atoms with E-state index >= 15 is 0 Å². The van der Waals surface area contributed by atoms with Gasteiger partial charge in [0.05, 0.1) is 22.3 Å². The molecule has 1 N–H and O–H groups in total. The summed E-state index contributed by atoms with van der Waals surface area (Å²) >= 11 is 3.48. The Kier molecular flexibility index (Phi) is 3.83. The number of rotatable bonds is 3. The number of nitrogens with zero attached hydrogens (tertiary/aromatic N) is 2. The Bertz CT molecular complexity index is 425. The summed E-state index contributed by atoms with van der Waals surface area (Å²) in [6.07, 6.45) is 1.88. The van der Waals surface area contributed by atoms with Crippen molar-refractivity contribution in [1.29, 1.82) is 0 Å². The molecule has 2 heterocycles. The van der Waals surface area contributed by atoms with E-state index in [1.54, 1.807) is 4.68 Å². The maximum atomic E-state index is 10.7. The largest absolute Gasteiger partial charge is 0.481 e. The first-order chi connectivity index (χ1) is 8.09. The van der Waals surface area contributed by atoms with Crippen LogP contribution in [0.15, 0.2) is 4.47 Å². The Morgan fingerprint density at radius 2 is 2.24 bits per heavy atom. The van der Waals surface area contributed by atoms with Gasteiger partial charge < -0.3 is 9.84 Å². The van der Waals surface area contributed by atoms with Gasteiger partial charge in [-0.1, -0.05) is 0 Å². The van der Waals surface area contributed by atoms with Crippen LogP contribution < -0.4 is 0 Å². The Hall–Kier alpha value is -0.880. The summed E-state index contributed by atoms with van der Waals surface area (Å²) in [7, 11) is 1.86. The van der Waals surface area contributed by atoms with E-state index in [4.69, 9.17) is 9.84 Å². The highest BCUT2D eigenvalue weighted by molar-refractivity contribution is 9.10. The summed E-state index contributed by atoms with van der Waals surface area (Å²) in [6, 6.07) is 0. The molecule has 0 atom stereocenters. The Morgan fingerprint density at radius 3 is 2.82 bits per heavy atom. The molecule has 0 aliphatic carbocycles. The number of carbonyl (C=O) groups is 1. The standard InChI is InChI=1S/C11H15BrN2O3/c1-14-11(7-2-4-17-5-3-7)10(12)8(13-14)6-9(15)16/h7H,2-6H2,1H3,(H,15,16). The van der Waals surface area contributed by atoms with Crippen molar-refractivity contribution in [2.45, 2.75) is 25.2 Å². The first-order valence-electron chi connectivity index (χ1n) is 5.60. The number of aryl methyl sites for hydroxylation is 1. The van der Waals surface area contributed by atoms with Crippen molar-refractivity contribution in [1.82, 2.24) is 9.78 Å². The number of halogens is 1. The first kappa shape index (κ1) is 12.6. The zero-order valence-electron chi connectivity index (χ0n) is 9.65. The van der Waals surface area contributed by atoms with Crippen molar-refractivity contribution in [3.63, 3.8) is 0 Å². The number of hydrogen-bond acceptors (Lipinski definition) is 3. The molecule has 0 bridgehead atoms. The number of aliphatic carboxylic acids is 1. The summed E-state index contributed by atoms with van der Waals surface area (Å²) in [4.78, 5) is 10.7. The quantitative estimate of drug-likeness (QED) is 0.923. The van der Waals surface area contributed by atoms with E-state index in [1.165, 1.54) is 0 Å². The van der Waals surface area contributed by atoms with Crippen molar-refractivity contribution in [2.24, 2.45) is 7.05 Å². The van der Waals surface area contributed by atoms with Gasteiger partial charge in [0.25, 0.3) is 0 Å². The predicted molar refractivity (Wildman–Crippen MR) is 65.0 cm³/mol. The van der Waals surface area contributed by atoms with Gasteiger partial charge in [-0.05, 0) is 28.8 Å². The van der Waals surface area contributed by atoms with E-state index in [1.807, 2.05) is 7.05 Å². The van der Waals surface area contributed by atoms with Crippen molar-refractivity contribution < 1.29 is 14.6 Å². The second-order valence-corrected chi connectivity index (χ2v) is 5.02. The average Bonchev–Trinajstić information content (AvgIpc) is 2.54. The van der Waals surface area contributed by atoms with Crippen LogP contribution in [0.5, 0.6) is 0 Å². The van der Waals surface area contributed by atoms with Gasteiger partial charge in [-0.3, -0.25) is 9.48 Å². The van der Waals surface area contributed by atoms with E-state index in [0.717, 1.165) is 36.2 Å². The molecule has 1 aliphatic rings. The topological polar surface area (TPSA) is 64.4 Å². The molecule has 2 rings (SSSR count). The van der Waals surface area contributed by atoms with Crippen LogP contribution in [0, 0.1) is 0 Å². The highest BCUT2D eigenvalue weighted by atomic mass is 79.9. The zero-order chi connectivity index (χ0) is 12.4. The molecule has 1 fully saturated rings. The second-order valence-electron chi connectivity index (χ2n) is 4.23. The smallest absolute Gasteiger partial charge is 0.309 e. The lowest BCUT2D eigenvalue weighted by Gasteiger charge is -2.22. The minimum Gasteiger partial charge on any atom is -0.481 e. The molecule has 1 aromatic rings. The third kappa shape index (κ3) is 2.69. The SMILES string of the molecule is Cn1nc(CC(=O)O)c(Br)c1C1CCOCC1. The van der Waals surface area contributed by atoms with Gasteiger partial charge >= 0.3 is 5.97 Å². The van der Waals surface area contributed by atoms with Gasteiger partial charge in [-0.2, -0.15) is 5.10 Å². The molecule has 6 heteroatoms. The van der Waals surface area contributed by atoms with E-state index in [-0.39, 0.29) is 6.42 Å². The van der Waals surface area contributed by atoms with Crippen LogP contribution in [0.3, 0.4) is 0 Å². The van der Waals surface area contributed by atoms with Crippen molar-refractivity contribution in [2.75, 3.05) is 13.2 Å². The van der Waals surface area contributed by atoms with Crippen LogP contribution in [-0.4, -0.2) is 34.1 Å². The number of hydrogen-bond donors (Lipinski definition) is 1. The molecular formula is C11H15BrN2O3. The average molecular weight is 303 g/mol. The van der Waals surface area contributed by atoms with Gasteiger partial charge in [0.2, 0.25) is 0 Å². The Morgan fingerprint density at radius 1 is 1.59 bits per heavy atom. The highest BCUT2D eigenvalue weighted by Crippen LogP contribution is 2.34. The Labute approximate surface area is 108 Å². The highest BCUT2D eigenvalue weighted by Gasteiger charge is 2.25. The normalized spacial score (nSPS) is 17.3. The van der Waals surface area contributed by atoms with Crippen LogP contribution in [0.25, 0.3) is 0 Å². The molecule has 17 heavy (non-hydrogen) atoms. The lowest BCUT2D eigenvalue weighted by Crippen LogP contribution is -2.17. The third-order valence-corrected chi connectivity index (χ3v) is 3.89. The van der Waals surface area contributed by atoms with E-state index < -0.39 is 5.97 Å². The number of carboxylic acids is 1. The minimum atomic E-state index is -0.859. The first-order valence-corrected chi connectivity index (χ1v) is 6.39. The molecule has 0 unspecified atom stereocenters. The fourth-order valence-electron chi connectivity index (χ4n) is 2.24. The number of aromatic nitrogens is 2. The van der Waals surface area contributed by atoms with Crippen LogP contribution in [0.2, 0.25) is 0 Å². The lowest BCUT2D eigenvalue weighted by molar-refractivity contribution is -0.136. The summed E-state index contributed by atoms with van der Waals surface area (Å²) in [6.45, 7) is 1.52. The van der Waals surface area contributed by atoms with Crippen LogP contribution in [0.1, 0.15) is 30.1 Å². The molecule has 1 saturated heterocycles. The second kappa shape index (κ2) is 5.18. The monoisotopic (exact) mass is 302 g/mol. The maximum Gasteiger partial charge on any atom is 0.309 e. The van der Waals surface area contributed by atoms with Gasteiger partial charge in [0, 0.05) is 26.2 Å². The fraction of sp³-hybridized carbons (Fsp3) is 0.636. The lowest BCUT2D eigenvalue weighted by atomic mass is 9.96. The zero-order valence-corrected chi connectivity index (χ0v) is 11.2. The molecule has 94 valence electrons. The third-order valence-electron chi connectivity index (χ3n) is 3.02. The summed E-state index contributed by atoms with van der Waals surface area (Å²) in [5.74, 6) is -0.458. The van der Waals surface area contributed by atoms with Gasteiger partial charge in [0.1, 0.15) is 0 Å². The van der Waals surface area contributed by atoms with Crippen LogP contribution in [-0.2, 0) is 23.0 Å². The molecule has 1 aliphatic heterocycles. The summed E-state index contributed by atoms with van der Waals surface area (Å²) in [5, 5.41) is 13.1. The van der Waals surface area contributed by atoms with Crippen molar-refractivity contribution in [3.05, 3.63) is 15.9 Å². The van der Waals surface area contributed by atoms with Crippen molar-refractivity contribution in [3.8, 4) is 0 Å². The molecule has 0 radical (unpaired) electrons. The summed E-state index contributed by atoms with van der Waals surface area (Å²) < 4.78 is 7.97. The predicted octanol–water partition coefficient (Wildman–Crippen LogP) is 1.70. The molecular weight excluding hydrogens is 288 g/mol. The number of ether oxygens (including phenoxy) is 1. The number of carboxylic acid groups (broad SMARTS) is 1. The van der Waals surface area contributed by atoms with E-state index in [9.17, 15) is 4.79 Å². The molecule has 0 aromatic carbocycles.